The Hall–Kier alpha value is -2.08. The summed E-state index contributed by atoms with van der Waals surface area (Å²) in [7, 11) is 2.27. The highest BCUT2D eigenvalue weighted by molar-refractivity contribution is 8.01. The number of rotatable bonds is 3. The van der Waals surface area contributed by atoms with Crippen LogP contribution in [0.1, 0.15) is 22.4 Å². The smallest absolute Gasteiger partial charge is 0.138 e. The highest BCUT2D eigenvalue weighted by atomic mass is 32.2. The van der Waals surface area contributed by atoms with Crippen LogP contribution in [0.4, 0.5) is 5.69 Å². The molecule has 0 saturated carbocycles. The van der Waals surface area contributed by atoms with E-state index in [0.29, 0.717) is 6.04 Å². The van der Waals surface area contributed by atoms with Crippen LogP contribution < -0.4 is 0 Å². The van der Waals surface area contributed by atoms with E-state index in [1.54, 1.807) is 0 Å². The van der Waals surface area contributed by atoms with Gasteiger partial charge in [0.1, 0.15) is 5.84 Å². The molecule has 1 atom stereocenters. The third-order valence-corrected chi connectivity index (χ3v) is 8.36. The first-order valence-electron chi connectivity index (χ1n) is 10.6. The van der Waals surface area contributed by atoms with Crippen molar-refractivity contribution in [3.05, 3.63) is 76.7 Å². The number of nitrogens with zero attached hydrogens (tertiary/aromatic N) is 3. The topological polar surface area (TPSA) is 18.8 Å². The van der Waals surface area contributed by atoms with Gasteiger partial charge >= 0.3 is 0 Å². The van der Waals surface area contributed by atoms with Crippen LogP contribution in [0.15, 0.2) is 74.8 Å². The summed E-state index contributed by atoms with van der Waals surface area (Å²) in [6, 6.07) is 22.3. The highest BCUT2D eigenvalue weighted by Gasteiger charge is 2.30. The molecule has 0 spiro atoms. The number of likely N-dealkylation sites (N-methyl/N-ethyl adjacent to an activating group) is 1. The number of piperazine rings is 1. The number of aliphatic imine (C=N–C) groups is 1. The van der Waals surface area contributed by atoms with Gasteiger partial charge in [-0.2, -0.15) is 0 Å². The third kappa shape index (κ3) is 4.07. The van der Waals surface area contributed by atoms with Gasteiger partial charge in [-0.25, -0.2) is 4.99 Å². The standard InChI is InChI=1S/C25H27N3S2/c1-18-16-21-24(26-22-10-6-7-11-23(22)30-25(21)29-18)28-15-14-27(2)20(17-28)13-12-19-8-4-3-5-9-19/h3-11,16,20H,12-15,17H2,1-2H3/t20-/m0/s1. The fraction of sp³-hybridized carbons (Fsp3) is 0.320. The lowest BCUT2D eigenvalue weighted by atomic mass is 10.0. The number of hydrogen-bond donors (Lipinski definition) is 0. The lowest BCUT2D eigenvalue weighted by molar-refractivity contribution is 0.134. The van der Waals surface area contributed by atoms with Gasteiger partial charge in [0.15, 0.2) is 0 Å². The molecule has 0 bridgehead atoms. The summed E-state index contributed by atoms with van der Waals surface area (Å²) >= 11 is 3.76. The van der Waals surface area contributed by atoms with Crippen molar-refractivity contribution in [3.8, 4) is 0 Å². The van der Waals surface area contributed by atoms with E-state index in [9.17, 15) is 0 Å². The van der Waals surface area contributed by atoms with Crippen LogP contribution >= 0.6 is 23.1 Å². The zero-order valence-electron chi connectivity index (χ0n) is 17.5. The monoisotopic (exact) mass is 433 g/mol. The Kier molecular flexibility index (Phi) is 5.68. The number of para-hydroxylation sites is 1. The summed E-state index contributed by atoms with van der Waals surface area (Å²) in [5, 5.41) is 0. The molecule has 1 saturated heterocycles. The molecule has 0 unspecified atom stereocenters. The van der Waals surface area contributed by atoms with E-state index >= 15 is 0 Å². The maximum atomic E-state index is 5.21. The van der Waals surface area contributed by atoms with Crippen LogP contribution in [0, 0.1) is 6.92 Å². The molecular formula is C25H27N3S2. The van der Waals surface area contributed by atoms with E-state index in [1.807, 2.05) is 23.1 Å². The maximum Gasteiger partial charge on any atom is 0.138 e. The second-order valence-corrected chi connectivity index (χ2v) is 10.7. The summed E-state index contributed by atoms with van der Waals surface area (Å²) in [4.78, 5) is 12.9. The minimum atomic E-state index is 0.538. The molecular weight excluding hydrogens is 406 g/mol. The second-order valence-electron chi connectivity index (χ2n) is 8.17. The summed E-state index contributed by atoms with van der Waals surface area (Å²) < 4.78 is 1.37. The molecule has 0 aliphatic carbocycles. The lowest BCUT2D eigenvalue weighted by Crippen LogP contribution is -2.53. The van der Waals surface area contributed by atoms with E-state index in [4.69, 9.17) is 4.99 Å². The van der Waals surface area contributed by atoms with Gasteiger partial charge in [-0.05, 0) is 50.6 Å². The summed E-state index contributed by atoms with van der Waals surface area (Å²) in [5.74, 6) is 1.16. The molecule has 3 heterocycles. The van der Waals surface area contributed by atoms with Gasteiger partial charge in [0.05, 0.1) is 9.90 Å². The van der Waals surface area contributed by atoms with Crippen molar-refractivity contribution >= 4 is 34.6 Å². The Morgan fingerprint density at radius 3 is 2.70 bits per heavy atom. The third-order valence-electron chi connectivity index (χ3n) is 6.04. The molecule has 2 aliphatic rings. The second kappa shape index (κ2) is 8.58. The fourth-order valence-corrected chi connectivity index (χ4v) is 6.69. The van der Waals surface area contributed by atoms with Crippen molar-refractivity contribution in [1.29, 1.82) is 0 Å². The number of benzene rings is 2. The number of thiophene rings is 1. The Morgan fingerprint density at radius 2 is 1.83 bits per heavy atom. The van der Waals surface area contributed by atoms with E-state index < -0.39 is 0 Å². The summed E-state index contributed by atoms with van der Waals surface area (Å²) in [5.41, 5.74) is 3.83. The summed E-state index contributed by atoms with van der Waals surface area (Å²) in [6.45, 7) is 5.34. The molecule has 154 valence electrons. The SMILES string of the molecule is Cc1cc2c(s1)Sc1ccccc1N=C2N1CCN(C)[C@@H](CCc2ccccc2)C1. The van der Waals surface area contributed by atoms with Crippen molar-refractivity contribution in [2.45, 2.75) is 34.9 Å². The van der Waals surface area contributed by atoms with Gasteiger partial charge in [0, 0.05) is 41.0 Å². The Morgan fingerprint density at radius 1 is 1.03 bits per heavy atom. The Bertz CT molecular complexity index is 1060. The van der Waals surface area contributed by atoms with E-state index in [1.165, 1.54) is 31.5 Å². The number of hydrogen-bond acceptors (Lipinski definition) is 5. The van der Waals surface area contributed by atoms with Crippen LogP contribution in [0.2, 0.25) is 0 Å². The van der Waals surface area contributed by atoms with E-state index in [2.05, 4.69) is 84.4 Å². The molecule has 0 radical (unpaired) electrons. The highest BCUT2D eigenvalue weighted by Crippen LogP contribution is 2.44. The van der Waals surface area contributed by atoms with Gasteiger partial charge < -0.3 is 4.90 Å². The predicted octanol–water partition coefficient (Wildman–Crippen LogP) is 5.85. The largest absolute Gasteiger partial charge is 0.353 e. The average molecular weight is 434 g/mol. The van der Waals surface area contributed by atoms with Gasteiger partial charge in [-0.1, -0.05) is 54.2 Å². The van der Waals surface area contributed by atoms with Crippen LogP contribution in [-0.2, 0) is 6.42 Å². The average Bonchev–Trinajstić information content (AvgIpc) is 3.05. The Balaban J connectivity index is 1.42. The lowest BCUT2D eigenvalue weighted by Gasteiger charge is -2.41. The zero-order chi connectivity index (χ0) is 20.5. The molecule has 0 amide bonds. The minimum Gasteiger partial charge on any atom is -0.353 e. The molecule has 5 heteroatoms. The first kappa shape index (κ1) is 19.9. The molecule has 1 fully saturated rings. The number of aryl methyl sites for hydroxylation is 2. The quantitative estimate of drug-likeness (QED) is 0.516. The predicted molar refractivity (Wildman–Crippen MR) is 129 cm³/mol. The van der Waals surface area contributed by atoms with E-state index in [-0.39, 0.29) is 0 Å². The molecule has 5 rings (SSSR count). The van der Waals surface area contributed by atoms with Crippen molar-refractivity contribution in [3.63, 3.8) is 0 Å². The first-order chi connectivity index (χ1) is 14.7. The van der Waals surface area contributed by atoms with Gasteiger partial charge in [-0.3, -0.25) is 4.90 Å². The maximum absolute atomic E-state index is 5.21. The normalized spacial score (nSPS) is 19.1. The zero-order valence-corrected chi connectivity index (χ0v) is 19.2. The van der Waals surface area contributed by atoms with Gasteiger partial charge in [0.2, 0.25) is 0 Å². The fourth-order valence-electron chi connectivity index (χ4n) is 4.30. The minimum absolute atomic E-state index is 0.538. The first-order valence-corrected chi connectivity index (χ1v) is 12.3. The van der Waals surface area contributed by atoms with Gasteiger partial charge in [0.25, 0.3) is 0 Å². The molecule has 30 heavy (non-hydrogen) atoms. The molecule has 2 aromatic carbocycles. The van der Waals surface area contributed by atoms with Crippen LogP contribution in [0.5, 0.6) is 0 Å². The van der Waals surface area contributed by atoms with Crippen LogP contribution in [0.25, 0.3) is 0 Å². The molecule has 3 aromatic rings. The molecule has 2 aliphatic heterocycles. The molecule has 3 nitrogen and oxygen atoms in total. The van der Waals surface area contributed by atoms with Crippen molar-refractivity contribution < 1.29 is 0 Å². The van der Waals surface area contributed by atoms with Gasteiger partial charge in [-0.15, -0.1) is 11.3 Å². The van der Waals surface area contributed by atoms with E-state index in [0.717, 1.165) is 37.6 Å². The molecule has 0 N–H and O–H groups in total. The molecule has 1 aromatic heterocycles. The number of amidine groups is 1. The number of fused-ring (bicyclic) bond motifs is 2. The van der Waals surface area contributed by atoms with Crippen molar-refractivity contribution in [2.24, 2.45) is 4.99 Å². The van der Waals surface area contributed by atoms with Crippen LogP contribution in [-0.4, -0.2) is 48.4 Å². The van der Waals surface area contributed by atoms with Crippen molar-refractivity contribution in [1.82, 2.24) is 9.80 Å². The summed E-state index contributed by atoms with van der Waals surface area (Å²) in [6.07, 6.45) is 2.29. The Labute approximate surface area is 187 Å². The van der Waals surface area contributed by atoms with Crippen LogP contribution in [0.3, 0.4) is 0 Å². The van der Waals surface area contributed by atoms with Crippen molar-refractivity contribution in [2.75, 3.05) is 26.7 Å².